The Balaban J connectivity index is 2.93. The average molecular weight is 236 g/mol. The first-order valence-corrected chi connectivity index (χ1v) is 4.76. The molecule has 0 fully saturated rings. The quantitative estimate of drug-likeness (QED) is 0.617. The van der Waals surface area contributed by atoms with Crippen molar-refractivity contribution in [2.24, 2.45) is 0 Å². The summed E-state index contributed by atoms with van der Waals surface area (Å²) in [5, 5.41) is 8.40. The Morgan fingerprint density at radius 1 is 1.18 bits per heavy atom. The third-order valence-electron chi connectivity index (χ3n) is 2.05. The summed E-state index contributed by atoms with van der Waals surface area (Å²) in [7, 11) is 3.01. The molecule has 0 aliphatic heterocycles. The van der Waals surface area contributed by atoms with Gasteiger partial charge in [0.25, 0.3) is 5.78 Å². The predicted molar refractivity (Wildman–Crippen MR) is 61.2 cm³/mol. The lowest BCUT2D eigenvalue weighted by atomic mass is 10.1. The van der Waals surface area contributed by atoms with Gasteiger partial charge in [-0.1, -0.05) is 12.1 Å². The number of ether oxygens (including phenoxy) is 2. The molecule has 90 valence electrons. The molecule has 0 radical (unpaired) electrons. The molecule has 0 spiro atoms. The lowest BCUT2D eigenvalue weighted by molar-refractivity contribution is -0.146. The Bertz CT molecular complexity index is 462. The number of hydrogen-bond donors (Lipinski definition) is 1. The van der Waals surface area contributed by atoms with Crippen molar-refractivity contribution in [1.82, 2.24) is 0 Å². The summed E-state index contributed by atoms with van der Waals surface area (Å²) in [5.41, 5.74) is 0.650. The summed E-state index contributed by atoms with van der Waals surface area (Å²) in [6.45, 7) is 0. The molecular weight excluding hydrogens is 224 g/mol. The van der Waals surface area contributed by atoms with Crippen LogP contribution in [0, 0.1) is 0 Å². The van der Waals surface area contributed by atoms with Crippen molar-refractivity contribution in [1.29, 1.82) is 0 Å². The zero-order chi connectivity index (χ0) is 12.8. The fourth-order valence-electron chi connectivity index (χ4n) is 1.20. The Hall–Kier alpha value is -2.30. The zero-order valence-corrected chi connectivity index (χ0v) is 9.47. The van der Waals surface area contributed by atoms with E-state index in [9.17, 15) is 9.59 Å². The van der Waals surface area contributed by atoms with Crippen molar-refractivity contribution in [3.8, 4) is 11.5 Å². The van der Waals surface area contributed by atoms with E-state index >= 15 is 0 Å². The van der Waals surface area contributed by atoms with Gasteiger partial charge in [-0.2, -0.15) is 0 Å². The molecule has 0 unspecified atom stereocenters. The third-order valence-corrected chi connectivity index (χ3v) is 2.05. The normalized spacial score (nSPS) is 10.2. The Morgan fingerprint density at radius 3 is 2.35 bits per heavy atom. The lowest BCUT2D eigenvalue weighted by Crippen LogP contribution is -2.08. The van der Waals surface area contributed by atoms with Gasteiger partial charge >= 0.3 is 5.97 Å². The van der Waals surface area contributed by atoms with E-state index in [4.69, 9.17) is 14.6 Å². The number of ketones is 1. The van der Waals surface area contributed by atoms with Crippen molar-refractivity contribution in [3.63, 3.8) is 0 Å². The second kappa shape index (κ2) is 5.69. The van der Waals surface area contributed by atoms with Gasteiger partial charge in [-0.15, -0.1) is 0 Å². The summed E-state index contributed by atoms with van der Waals surface area (Å²) in [4.78, 5) is 21.2. The second-order valence-corrected chi connectivity index (χ2v) is 3.12. The predicted octanol–water partition coefficient (Wildman–Crippen LogP) is 1.37. The molecule has 17 heavy (non-hydrogen) atoms. The SMILES string of the molecule is COc1ccc(/C=C\C(=O)C(=O)O)cc1OC. The molecule has 0 heterocycles. The van der Waals surface area contributed by atoms with Crippen molar-refractivity contribution in [3.05, 3.63) is 29.8 Å². The summed E-state index contributed by atoms with van der Waals surface area (Å²) in [5.74, 6) is -1.38. The van der Waals surface area contributed by atoms with E-state index in [1.54, 1.807) is 18.2 Å². The van der Waals surface area contributed by atoms with Gasteiger partial charge in [0.15, 0.2) is 11.5 Å². The van der Waals surface area contributed by atoms with Gasteiger partial charge in [0.05, 0.1) is 14.2 Å². The fourth-order valence-corrected chi connectivity index (χ4v) is 1.20. The first-order chi connectivity index (χ1) is 8.08. The molecule has 1 aromatic rings. The molecule has 0 aliphatic rings. The molecule has 5 nitrogen and oxygen atoms in total. The maximum Gasteiger partial charge on any atom is 0.376 e. The lowest BCUT2D eigenvalue weighted by Gasteiger charge is -2.07. The summed E-state index contributed by atoms with van der Waals surface area (Å²) >= 11 is 0. The molecule has 0 aliphatic carbocycles. The highest BCUT2D eigenvalue weighted by molar-refractivity contribution is 6.38. The Morgan fingerprint density at radius 2 is 1.82 bits per heavy atom. The van der Waals surface area contributed by atoms with Gasteiger partial charge in [-0.05, 0) is 23.8 Å². The van der Waals surface area contributed by atoms with Gasteiger partial charge in [-0.3, -0.25) is 4.79 Å². The third kappa shape index (κ3) is 3.34. The second-order valence-electron chi connectivity index (χ2n) is 3.12. The minimum atomic E-state index is -1.48. The highest BCUT2D eigenvalue weighted by Crippen LogP contribution is 2.27. The van der Waals surface area contributed by atoms with Gasteiger partial charge in [0.2, 0.25) is 0 Å². The molecule has 0 atom stereocenters. The van der Waals surface area contributed by atoms with E-state index in [0.717, 1.165) is 6.08 Å². The van der Waals surface area contributed by atoms with Crippen molar-refractivity contribution in [2.45, 2.75) is 0 Å². The minimum absolute atomic E-state index is 0.512. The average Bonchev–Trinajstić information content (AvgIpc) is 2.35. The molecule has 0 saturated heterocycles. The number of aliphatic carboxylic acids is 1. The molecule has 0 amide bonds. The van der Waals surface area contributed by atoms with Crippen LogP contribution < -0.4 is 9.47 Å². The number of carbonyl (C=O) groups excluding carboxylic acids is 1. The molecular formula is C12H12O5. The van der Waals surface area contributed by atoms with E-state index in [-0.39, 0.29) is 0 Å². The largest absolute Gasteiger partial charge is 0.493 e. The maximum atomic E-state index is 10.9. The summed E-state index contributed by atoms with van der Waals surface area (Å²) < 4.78 is 10.1. The molecule has 5 heteroatoms. The number of carboxylic acid groups (broad SMARTS) is 1. The van der Waals surface area contributed by atoms with Gasteiger partial charge in [0.1, 0.15) is 0 Å². The van der Waals surface area contributed by atoms with Crippen LogP contribution in [0.4, 0.5) is 0 Å². The van der Waals surface area contributed by atoms with Crippen LogP contribution in [0.5, 0.6) is 11.5 Å². The number of carboxylic acids is 1. The first kappa shape index (κ1) is 12.8. The maximum absolute atomic E-state index is 10.9. The van der Waals surface area contributed by atoms with E-state index in [1.165, 1.54) is 20.3 Å². The number of rotatable bonds is 5. The molecule has 1 rings (SSSR count). The van der Waals surface area contributed by atoms with Crippen LogP contribution in [0.25, 0.3) is 6.08 Å². The molecule has 0 aromatic heterocycles. The van der Waals surface area contributed by atoms with Gasteiger partial charge in [0, 0.05) is 0 Å². The van der Waals surface area contributed by atoms with Crippen LogP contribution in [-0.2, 0) is 9.59 Å². The zero-order valence-electron chi connectivity index (χ0n) is 9.47. The van der Waals surface area contributed by atoms with Crippen molar-refractivity contribution >= 4 is 17.8 Å². The minimum Gasteiger partial charge on any atom is -0.493 e. The van der Waals surface area contributed by atoms with Crippen molar-refractivity contribution < 1.29 is 24.2 Å². The van der Waals surface area contributed by atoms with E-state index in [2.05, 4.69) is 0 Å². The van der Waals surface area contributed by atoms with E-state index in [1.807, 2.05) is 0 Å². The molecule has 1 N–H and O–H groups in total. The van der Waals surface area contributed by atoms with E-state index in [0.29, 0.717) is 17.1 Å². The highest BCUT2D eigenvalue weighted by atomic mass is 16.5. The standard InChI is InChI=1S/C12H12O5/c1-16-10-6-4-8(7-11(10)17-2)3-5-9(13)12(14)15/h3-7H,1-2H3,(H,14,15)/b5-3-. The fraction of sp³-hybridized carbons (Fsp3) is 0.167. The topological polar surface area (TPSA) is 72.8 Å². The molecule has 1 aromatic carbocycles. The number of hydrogen-bond acceptors (Lipinski definition) is 4. The Labute approximate surface area is 98.3 Å². The van der Waals surface area contributed by atoms with Crippen LogP contribution in [-0.4, -0.2) is 31.1 Å². The first-order valence-electron chi connectivity index (χ1n) is 4.76. The smallest absolute Gasteiger partial charge is 0.376 e. The molecule has 0 saturated carbocycles. The number of benzene rings is 1. The van der Waals surface area contributed by atoms with Gasteiger partial charge in [-0.25, -0.2) is 4.79 Å². The van der Waals surface area contributed by atoms with Gasteiger partial charge < -0.3 is 14.6 Å². The van der Waals surface area contributed by atoms with Crippen molar-refractivity contribution in [2.75, 3.05) is 14.2 Å². The highest BCUT2D eigenvalue weighted by Gasteiger charge is 2.06. The van der Waals surface area contributed by atoms with Crippen LogP contribution in [0.1, 0.15) is 5.56 Å². The number of carbonyl (C=O) groups is 2. The summed E-state index contributed by atoms with van der Waals surface area (Å²) in [6.07, 6.45) is 2.39. The Kier molecular flexibility index (Phi) is 4.28. The van der Waals surface area contributed by atoms with Crippen LogP contribution in [0.2, 0.25) is 0 Å². The van der Waals surface area contributed by atoms with Crippen LogP contribution in [0.15, 0.2) is 24.3 Å². The summed E-state index contributed by atoms with van der Waals surface area (Å²) in [6, 6.07) is 5.00. The molecule has 0 bridgehead atoms. The van der Waals surface area contributed by atoms with E-state index < -0.39 is 11.8 Å². The van der Waals surface area contributed by atoms with Crippen LogP contribution in [0.3, 0.4) is 0 Å². The van der Waals surface area contributed by atoms with Crippen LogP contribution >= 0.6 is 0 Å². The number of methoxy groups -OCH3 is 2. The monoisotopic (exact) mass is 236 g/mol.